The molecule has 0 unspecified atom stereocenters. The molecule has 0 fully saturated rings. The summed E-state index contributed by atoms with van der Waals surface area (Å²) in [4.78, 5) is 13.5. The van der Waals surface area contributed by atoms with Crippen molar-refractivity contribution in [3.63, 3.8) is 0 Å². The highest BCUT2D eigenvalue weighted by atomic mass is 32.2. The zero-order valence-electron chi connectivity index (χ0n) is 16.4. The van der Waals surface area contributed by atoms with E-state index in [-0.39, 0.29) is 5.91 Å². The zero-order valence-corrected chi connectivity index (χ0v) is 17.2. The summed E-state index contributed by atoms with van der Waals surface area (Å²) in [6.45, 7) is 0.491. The van der Waals surface area contributed by atoms with Crippen molar-refractivity contribution in [1.82, 2.24) is 14.8 Å². The molecule has 3 aromatic carbocycles. The van der Waals surface area contributed by atoms with Gasteiger partial charge in [-0.15, -0.1) is 10.2 Å². The van der Waals surface area contributed by atoms with Gasteiger partial charge in [0.2, 0.25) is 0 Å². The third kappa shape index (κ3) is 5.07. The van der Waals surface area contributed by atoms with E-state index < -0.39 is 0 Å². The number of nitrogens with zero attached hydrogens (tertiary/aromatic N) is 3. The van der Waals surface area contributed by atoms with Crippen LogP contribution < -0.4 is 10.1 Å². The van der Waals surface area contributed by atoms with Crippen LogP contribution in [-0.4, -0.2) is 20.7 Å². The van der Waals surface area contributed by atoms with Gasteiger partial charge in [-0.05, 0) is 65.9 Å². The number of aryl methyl sites for hydroxylation is 1. The minimum Gasteiger partial charge on any atom is -0.489 e. The van der Waals surface area contributed by atoms with Crippen LogP contribution in [0.25, 0.3) is 0 Å². The SMILES string of the molecule is Cn1cnnc1Sc1ccc(NC(=O)c2ccc(OCc3ccccc3)cc2)cc1. The van der Waals surface area contributed by atoms with Crippen molar-refractivity contribution >= 4 is 23.4 Å². The molecule has 6 nitrogen and oxygen atoms in total. The summed E-state index contributed by atoms with van der Waals surface area (Å²) in [5, 5.41) is 11.6. The molecule has 0 saturated heterocycles. The van der Waals surface area contributed by atoms with Crippen LogP contribution in [0, 0.1) is 0 Å². The molecule has 0 aliphatic heterocycles. The lowest BCUT2D eigenvalue weighted by molar-refractivity contribution is 0.102. The number of hydrogen-bond acceptors (Lipinski definition) is 5. The normalized spacial score (nSPS) is 10.6. The number of carbonyl (C=O) groups excluding carboxylic acids is 1. The number of ether oxygens (including phenoxy) is 1. The quantitative estimate of drug-likeness (QED) is 0.469. The number of amides is 1. The fourth-order valence-electron chi connectivity index (χ4n) is 2.72. The van der Waals surface area contributed by atoms with Crippen LogP contribution in [0.4, 0.5) is 5.69 Å². The summed E-state index contributed by atoms with van der Waals surface area (Å²) in [5.41, 5.74) is 2.39. The Morgan fingerprint density at radius 1 is 1.00 bits per heavy atom. The highest BCUT2D eigenvalue weighted by Gasteiger charge is 2.08. The number of anilines is 1. The molecule has 150 valence electrons. The third-order valence-electron chi connectivity index (χ3n) is 4.36. The van der Waals surface area contributed by atoms with Gasteiger partial charge < -0.3 is 14.6 Å². The van der Waals surface area contributed by atoms with Crippen molar-refractivity contribution in [3.8, 4) is 5.75 Å². The number of carbonyl (C=O) groups is 1. The van der Waals surface area contributed by atoms with Crippen LogP contribution in [0.3, 0.4) is 0 Å². The number of hydrogen-bond donors (Lipinski definition) is 1. The molecule has 1 N–H and O–H groups in total. The van der Waals surface area contributed by atoms with Gasteiger partial charge in [-0.3, -0.25) is 4.79 Å². The fraction of sp³-hybridized carbons (Fsp3) is 0.0870. The van der Waals surface area contributed by atoms with E-state index in [4.69, 9.17) is 4.74 Å². The molecule has 4 aromatic rings. The van der Waals surface area contributed by atoms with Crippen LogP contribution in [0.15, 0.2) is 95.2 Å². The molecule has 1 heterocycles. The molecular weight excluding hydrogens is 396 g/mol. The van der Waals surface area contributed by atoms with Crippen molar-refractivity contribution < 1.29 is 9.53 Å². The number of nitrogens with one attached hydrogen (secondary N) is 1. The Morgan fingerprint density at radius 3 is 2.40 bits per heavy atom. The standard InChI is InChI=1S/C23H20N4O2S/c1-27-16-24-26-23(27)30-21-13-9-19(10-14-21)25-22(28)18-7-11-20(12-8-18)29-15-17-5-3-2-4-6-17/h2-14,16H,15H2,1H3,(H,25,28). The Morgan fingerprint density at radius 2 is 1.73 bits per heavy atom. The van der Waals surface area contributed by atoms with Crippen LogP contribution in [0.1, 0.15) is 15.9 Å². The first-order valence-corrected chi connectivity index (χ1v) is 10.2. The van der Waals surface area contributed by atoms with Crippen molar-refractivity contribution in [2.75, 3.05) is 5.32 Å². The van der Waals surface area contributed by atoms with E-state index in [0.717, 1.165) is 27.1 Å². The Balaban J connectivity index is 1.32. The Hall–Kier alpha value is -3.58. The maximum absolute atomic E-state index is 12.5. The van der Waals surface area contributed by atoms with Gasteiger partial charge in [-0.1, -0.05) is 30.3 Å². The zero-order chi connectivity index (χ0) is 20.8. The second-order valence-electron chi connectivity index (χ2n) is 6.60. The monoisotopic (exact) mass is 416 g/mol. The highest BCUT2D eigenvalue weighted by Crippen LogP contribution is 2.26. The molecule has 1 aromatic heterocycles. The lowest BCUT2D eigenvalue weighted by Crippen LogP contribution is -2.11. The summed E-state index contributed by atoms with van der Waals surface area (Å²) in [6, 6.07) is 24.7. The van der Waals surface area contributed by atoms with Crippen molar-refractivity contribution in [3.05, 3.63) is 96.3 Å². The van der Waals surface area contributed by atoms with E-state index in [1.54, 1.807) is 30.6 Å². The topological polar surface area (TPSA) is 69.0 Å². The summed E-state index contributed by atoms with van der Waals surface area (Å²) in [6.07, 6.45) is 1.66. The second kappa shape index (κ2) is 9.28. The first-order valence-electron chi connectivity index (χ1n) is 9.37. The summed E-state index contributed by atoms with van der Waals surface area (Å²) >= 11 is 1.51. The maximum Gasteiger partial charge on any atom is 0.255 e. The number of benzene rings is 3. The first-order chi connectivity index (χ1) is 14.7. The van der Waals surface area contributed by atoms with Gasteiger partial charge in [0.15, 0.2) is 5.16 Å². The Labute approximate surface area is 178 Å². The van der Waals surface area contributed by atoms with Gasteiger partial charge in [-0.2, -0.15) is 0 Å². The van der Waals surface area contributed by atoms with Gasteiger partial charge in [-0.25, -0.2) is 0 Å². The molecule has 0 atom stereocenters. The van der Waals surface area contributed by atoms with Gasteiger partial charge in [0.05, 0.1) is 0 Å². The van der Waals surface area contributed by atoms with Crippen molar-refractivity contribution in [2.45, 2.75) is 16.7 Å². The molecule has 0 aliphatic rings. The smallest absolute Gasteiger partial charge is 0.255 e. The average Bonchev–Trinajstić information content (AvgIpc) is 3.19. The molecule has 0 aliphatic carbocycles. The minimum absolute atomic E-state index is 0.168. The molecule has 30 heavy (non-hydrogen) atoms. The molecular formula is C23H20N4O2S. The highest BCUT2D eigenvalue weighted by molar-refractivity contribution is 7.99. The molecule has 0 spiro atoms. The lowest BCUT2D eigenvalue weighted by atomic mass is 10.2. The predicted molar refractivity (Wildman–Crippen MR) is 117 cm³/mol. The number of aromatic nitrogens is 3. The van der Waals surface area contributed by atoms with E-state index in [2.05, 4.69) is 15.5 Å². The summed E-state index contributed by atoms with van der Waals surface area (Å²) in [5.74, 6) is 0.555. The van der Waals surface area contributed by atoms with Crippen LogP contribution in [0.2, 0.25) is 0 Å². The summed E-state index contributed by atoms with van der Waals surface area (Å²) < 4.78 is 7.62. The Bertz CT molecular complexity index is 1110. The van der Waals surface area contributed by atoms with Gasteiger partial charge in [0.1, 0.15) is 18.7 Å². The van der Waals surface area contributed by atoms with Crippen molar-refractivity contribution in [2.24, 2.45) is 7.05 Å². The predicted octanol–water partition coefficient (Wildman–Crippen LogP) is 4.80. The minimum atomic E-state index is -0.168. The maximum atomic E-state index is 12.5. The molecule has 4 rings (SSSR count). The van der Waals surface area contributed by atoms with E-state index >= 15 is 0 Å². The van der Waals surface area contributed by atoms with E-state index in [1.807, 2.05) is 66.2 Å². The van der Waals surface area contributed by atoms with Gasteiger partial charge in [0, 0.05) is 23.2 Å². The molecule has 1 amide bonds. The molecule has 7 heteroatoms. The number of rotatable bonds is 7. The van der Waals surface area contributed by atoms with Gasteiger partial charge >= 0.3 is 0 Å². The van der Waals surface area contributed by atoms with E-state index in [0.29, 0.717) is 12.2 Å². The summed E-state index contributed by atoms with van der Waals surface area (Å²) in [7, 11) is 1.90. The van der Waals surface area contributed by atoms with Crippen LogP contribution in [-0.2, 0) is 13.7 Å². The first kappa shape index (κ1) is 19.7. The largest absolute Gasteiger partial charge is 0.489 e. The van der Waals surface area contributed by atoms with Gasteiger partial charge in [0.25, 0.3) is 5.91 Å². The lowest BCUT2D eigenvalue weighted by Gasteiger charge is -2.09. The van der Waals surface area contributed by atoms with E-state index in [9.17, 15) is 4.79 Å². The third-order valence-corrected chi connectivity index (χ3v) is 5.42. The van der Waals surface area contributed by atoms with E-state index in [1.165, 1.54) is 11.8 Å². The van der Waals surface area contributed by atoms with Crippen molar-refractivity contribution in [1.29, 1.82) is 0 Å². The molecule has 0 saturated carbocycles. The molecule has 0 radical (unpaired) electrons. The second-order valence-corrected chi connectivity index (χ2v) is 7.64. The molecule has 0 bridgehead atoms. The fourth-order valence-corrected chi connectivity index (χ4v) is 3.49. The average molecular weight is 417 g/mol. The Kier molecular flexibility index (Phi) is 6.10. The van der Waals surface area contributed by atoms with Crippen LogP contribution in [0.5, 0.6) is 5.75 Å². The van der Waals surface area contributed by atoms with Crippen LogP contribution >= 0.6 is 11.8 Å².